The number of unbranched alkanes of at least 4 members (excludes halogenated alkanes) is 1. The molecule has 1 fully saturated rings. The minimum absolute atomic E-state index is 0.0573. The Morgan fingerprint density at radius 2 is 2.22 bits per heavy atom. The third-order valence-corrected chi connectivity index (χ3v) is 5.03. The van der Waals surface area contributed by atoms with E-state index in [0.29, 0.717) is 32.8 Å². The fourth-order valence-corrected chi connectivity index (χ4v) is 3.36. The van der Waals surface area contributed by atoms with E-state index in [-0.39, 0.29) is 6.10 Å². The van der Waals surface area contributed by atoms with Gasteiger partial charge in [-0.2, -0.15) is 17.0 Å². The predicted molar refractivity (Wildman–Crippen MR) is 71.7 cm³/mol. The fraction of sp³-hybridized carbons (Fsp3) is 1.00. The lowest BCUT2D eigenvalue weighted by Crippen LogP contribution is -2.52. The summed E-state index contributed by atoms with van der Waals surface area (Å²) in [5.41, 5.74) is 0. The molecule has 6 nitrogen and oxygen atoms in total. The normalized spacial score (nSPS) is 22.6. The van der Waals surface area contributed by atoms with Crippen LogP contribution in [0.3, 0.4) is 0 Å². The van der Waals surface area contributed by atoms with Gasteiger partial charge in [0.15, 0.2) is 0 Å². The lowest BCUT2D eigenvalue weighted by Gasteiger charge is -2.34. The van der Waals surface area contributed by atoms with Crippen molar-refractivity contribution in [2.75, 3.05) is 46.9 Å². The molecular weight excluding hydrogens is 254 g/mol. The van der Waals surface area contributed by atoms with Crippen molar-refractivity contribution >= 4 is 10.2 Å². The van der Waals surface area contributed by atoms with E-state index in [1.165, 1.54) is 8.61 Å². The molecule has 18 heavy (non-hydrogen) atoms. The highest BCUT2D eigenvalue weighted by Crippen LogP contribution is 2.13. The molecule has 1 N–H and O–H groups in total. The summed E-state index contributed by atoms with van der Waals surface area (Å²) in [6, 6.07) is 0. The van der Waals surface area contributed by atoms with Gasteiger partial charge in [-0.25, -0.2) is 0 Å². The Kier molecular flexibility index (Phi) is 6.51. The zero-order chi connectivity index (χ0) is 13.6. The summed E-state index contributed by atoms with van der Waals surface area (Å²) in [5, 5.41) is 3.01. The van der Waals surface area contributed by atoms with Crippen LogP contribution < -0.4 is 5.32 Å². The quantitative estimate of drug-likeness (QED) is 0.706. The summed E-state index contributed by atoms with van der Waals surface area (Å²) in [5.74, 6) is 0. The van der Waals surface area contributed by atoms with Gasteiger partial charge >= 0.3 is 0 Å². The van der Waals surface area contributed by atoms with Crippen molar-refractivity contribution in [3.05, 3.63) is 0 Å². The van der Waals surface area contributed by atoms with Gasteiger partial charge in [0.2, 0.25) is 0 Å². The third kappa shape index (κ3) is 4.17. The second kappa shape index (κ2) is 7.40. The highest BCUT2D eigenvalue weighted by atomic mass is 32.2. The van der Waals surface area contributed by atoms with E-state index in [1.807, 2.05) is 7.05 Å². The molecule has 1 unspecified atom stereocenters. The number of nitrogens with one attached hydrogen (secondary N) is 1. The summed E-state index contributed by atoms with van der Waals surface area (Å²) in [6.07, 6.45) is 1.82. The molecule has 0 aromatic heterocycles. The molecule has 0 saturated carbocycles. The molecular formula is C11H25N3O3S. The van der Waals surface area contributed by atoms with Crippen molar-refractivity contribution in [2.24, 2.45) is 0 Å². The Balaban J connectivity index is 2.60. The van der Waals surface area contributed by atoms with Crippen molar-refractivity contribution in [2.45, 2.75) is 25.9 Å². The molecule has 0 aliphatic carbocycles. The van der Waals surface area contributed by atoms with Crippen LogP contribution in [0.1, 0.15) is 19.8 Å². The molecule has 1 aliphatic rings. The van der Waals surface area contributed by atoms with Gasteiger partial charge in [-0.05, 0) is 13.5 Å². The van der Waals surface area contributed by atoms with Gasteiger partial charge in [0.25, 0.3) is 10.2 Å². The zero-order valence-electron chi connectivity index (χ0n) is 11.6. The minimum atomic E-state index is -3.33. The molecule has 0 amide bonds. The number of hydrogen-bond donors (Lipinski definition) is 1. The molecule has 1 atom stereocenters. The van der Waals surface area contributed by atoms with Crippen molar-refractivity contribution in [3.63, 3.8) is 0 Å². The van der Waals surface area contributed by atoms with Gasteiger partial charge in [-0.15, -0.1) is 0 Å². The Morgan fingerprint density at radius 1 is 1.50 bits per heavy atom. The molecule has 0 aromatic rings. The predicted octanol–water partition coefficient (Wildman–Crippen LogP) is -0.117. The first-order valence-electron chi connectivity index (χ1n) is 6.50. The third-order valence-electron chi connectivity index (χ3n) is 3.08. The first-order chi connectivity index (χ1) is 8.52. The highest BCUT2D eigenvalue weighted by molar-refractivity contribution is 7.86. The van der Waals surface area contributed by atoms with E-state index in [4.69, 9.17) is 4.74 Å². The number of morpholine rings is 1. The van der Waals surface area contributed by atoms with Gasteiger partial charge < -0.3 is 10.1 Å². The maximum Gasteiger partial charge on any atom is 0.281 e. The van der Waals surface area contributed by atoms with E-state index >= 15 is 0 Å². The molecule has 7 heteroatoms. The molecule has 1 heterocycles. The second-order valence-corrected chi connectivity index (χ2v) is 6.63. The van der Waals surface area contributed by atoms with Crippen molar-refractivity contribution < 1.29 is 13.2 Å². The molecule has 0 radical (unpaired) electrons. The number of nitrogens with zero attached hydrogens (tertiary/aromatic N) is 2. The highest BCUT2D eigenvalue weighted by Gasteiger charge is 2.31. The van der Waals surface area contributed by atoms with Crippen molar-refractivity contribution in [3.8, 4) is 0 Å². The Morgan fingerprint density at radius 3 is 2.83 bits per heavy atom. The lowest BCUT2D eigenvalue weighted by atomic mass is 10.3. The van der Waals surface area contributed by atoms with Gasteiger partial charge in [-0.3, -0.25) is 0 Å². The monoisotopic (exact) mass is 279 g/mol. The maximum atomic E-state index is 12.3. The van der Waals surface area contributed by atoms with Crippen molar-refractivity contribution in [1.29, 1.82) is 0 Å². The van der Waals surface area contributed by atoms with E-state index in [0.717, 1.165) is 12.8 Å². The molecule has 1 aliphatic heterocycles. The van der Waals surface area contributed by atoms with Gasteiger partial charge in [-0.1, -0.05) is 13.3 Å². The first-order valence-corrected chi connectivity index (χ1v) is 7.89. The Hall–Kier alpha value is -0.210. The van der Waals surface area contributed by atoms with Crippen LogP contribution in [0, 0.1) is 0 Å². The molecule has 0 aromatic carbocycles. The summed E-state index contributed by atoms with van der Waals surface area (Å²) in [4.78, 5) is 0. The van der Waals surface area contributed by atoms with Gasteiger partial charge in [0.05, 0.1) is 12.7 Å². The average Bonchev–Trinajstić information content (AvgIpc) is 2.36. The van der Waals surface area contributed by atoms with E-state index < -0.39 is 10.2 Å². The van der Waals surface area contributed by atoms with Gasteiger partial charge in [0.1, 0.15) is 0 Å². The lowest BCUT2D eigenvalue weighted by molar-refractivity contribution is -0.000698. The first kappa shape index (κ1) is 15.8. The Bertz CT molecular complexity index is 332. The molecule has 0 spiro atoms. The van der Waals surface area contributed by atoms with Crippen LogP contribution in [0.5, 0.6) is 0 Å². The van der Waals surface area contributed by atoms with Crippen LogP contribution in [0.2, 0.25) is 0 Å². The molecule has 108 valence electrons. The summed E-state index contributed by atoms with van der Waals surface area (Å²) in [7, 11) is 0.157. The topological polar surface area (TPSA) is 61.9 Å². The van der Waals surface area contributed by atoms with E-state index in [2.05, 4.69) is 12.2 Å². The van der Waals surface area contributed by atoms with Crippen molar-refractivity contribution in [1.82, 2.24) is 13.9 Å². The van der Waals surface area contributed by atoms with E-state index in [9.17, 15) is 8.42 Å². The fourth-order valence-electron chi connectivity index (χ4n) is 1.95. The van der Waals surface area contributed by atoms with Crippen LogP contribution in [-0.2, 0) is 14.9 Å². The Labute approximate surface area is 110 Å². The van der Waals surface area contributed by atoms with Gasteiger partial charge in [0, 0.05) is 33.2 Å². The summed E-state index contributed by atoms with van der Waals surface area (Å²) in [6.45, 7) is 4.64. The molecule has 0 bridgehead atoms. The maximum absolute atomic E-state index is 12.3. The van der Waals surface area contributed by atoms with Crippen LogP contribution in [0.25, 0.3) is 0 Å². The smallest absolute Gasteiger partial charge is 0.281 e. The van der Waals surface area contributed by atoms with Crippen LogP contribution in [0.15, 0.2) is 0 Å². The number of rotatable bonds is 7. The largest absolute Gasteiger partial charge is 0.374 e. The molecule has 1 saturated heterocycles. The average molecular weight is 279 g/mol. The van der Waals surface area contributed by atoms with Crippen LogP contribution in [0.4, 0.5) is 0 Å². The number of hydrogen-bond acceptors (Lipinski definition) is 4. The van der Waals surface area contributed by atoms with Crippen LogP contribution in [-0.4, -0.2) is 70.0 Å². The number of likely N-dealkylation sites (N-methyl/N-ethyl adjacent to an activating group) is 1. The minimum Gasteiger partial charge on any atom is -0.374 e. The van der Waals surface area contributed by atoms with E-state index in [1.54, 1.807) is 7.05 Å². The zero-order valence-corrected chi connectivity index (χ0v) is 12.4. The standard InChI is InChI=1S/C11H25N3O3S/c1-4-5-6-13(3)18(15,16)14-7-8-17-11(10-14)9-12-2/h11-12H,4-10H2,1-3H3. The van der Waals surface area contributed by atoms with Crippen LogP contribution >= 0.6 is 0 Å². The number of ether oxygens (including phenoxy) is 1. The summed E-state index contributed by atoms with van der Waals surface area (Å²) < 4.78 is 33.1. The second-order valence-electron chi connectivity index (χ2n) is 4.59. The SMILES string of the molecule is CCCCN(C)S(=O)(=O)N1CCOC(CNC)C1. The molecule has 1 rings (SSSR count). The summed E-state index contributed by atoms with van der Waals surface area (Å²) >= 11 is 0.